The van der Waals surface area contributed by atoms with Gasteiger partial charge in [-0.05, 0) is 23.3 Å². The zero-order chi connectivity index (χ0) is 14.2. The molecule has 0 heterocycles. The van der Waals surface area contributed by atoms with Crippen molar-refractivity contribution in [3.63, 3.8) is 0 Å². The molecule has 0 bridgehead atoms. The van der Waals surface area contributed by atoms with Gasteiger partial charge in [-0.2, -0.15) is 10.5 Å². The molecule has 2 nitrogen and oxygen atoms in total. The van der Waals surface area contributed by atoms with Crippen molar-refractivity contribution in [3.05, 3.63) is 59.7 Å². The molecule has 0 fully saturated rings. The molecule has 0 amide bonds. The van der Waals surface area contributed by atoms with Crippen LogP contribution in [0.15, 0.2) is 58.3 Å². The van der Waals surface area contributed by atoms with E-state index in [1.165, 1.54) is 0 Å². The summed E-state index contributed by atoms with van der Waals surface area (Å²) in [6.45, 7) is 0. The van der Waals surface area contributed by atoms with Crippen LogP contribution in [-0.4, -0.2) is 0 Å². The molecule has 0 radical (unpaired) electrons. The van der Waals surface area contributed by atoms with Crippen molar-refractivity contribution in [2.45, 2.75) is 22.6 Å². The van der Waals surface area contributed by atoms with Crippen LogP contribution < -0.4 is 0 Å². The largest absolute Gasteiger partial charge is 0.198 e. The maximum atomic E-state index is 8.84. The van der Waals surface area contributed by atoms with Crippen LogP contribution in [0.3, 0.4) is 0 Å². The van der Waals surface area contributed by atoms with E-state index in [4.69, 9.17) is 10.5 Å². The smallest absolute Gasteiger partial charge is 0.0670 e. The maximum Gasteiger partial charge on any atom is 0.0670 e. The van der Waals surface area contributed by atoms with Gasteiger partial charge in [-0.1, -0.05) is 58.0 Å². The highest BCUT2D eigenvalue weighted by Crippen LogP contribution is 2.40. The summed E-state index contributed by atoms with van der Waals surface area (Å²) in [6, 6.07) is 20.2. The molecule has 0 saturated carbocycles. The number of rotatable bonds is 5. The Morgan fingerprint density at radius 3 is 1.50 bits per heavy atom. The van der Waals surface area contributed by atoms with Crippen LogP contribution in [-0.2, 0) is 12.8 Å². The Kier molecular flexibility index (Phi) is 5.55. The van der Waals surface area contributed by atoms with Crippen LogP contribution in [0.2, 0.25) is 0 Å². The predicted octanol–water partition coefficient (Wildman–Crippen LogP) is 4.62. The molecule has 0 saturated heterocycles. The third-order valence-corrected chi connectivity index (χ3v) is 5.27. The first-order chi connectivity index (χ1) is 9.85. The van der Waals surface area contributed by atoms with E-state index in [0.717, 1.165) is 20.9 Å². The third kappa shape index (κ3) is 3.81. The first-order valence-electron chi connectivity index (χ1n) is 6.09. The number of benzene rings is 2. The normalized spacial score (nSPS) is 9.70. The minimum atomic E-state index is 0.420. The Labute approximate surface area is 126 Å². The molecular formula is C16H12N2S2. The van der Waals surface area contributed by atoms with Crippen LogP contribution in [0.5, 0.6) is 0 Å². The average Bonchev–Trinajstić information content (AvgIpc) is 2.48. The molecule has 0 aliphatic heterocycles. The Hall–Kier alpha value is -1.88. The third-order valence-electron chi connectivity index (χ3n) is 2.71. The topological polar surface area (TPSA) is 47.6 Å². The second kappa shape index (κ2) is 7.65. The second-order valence-corrected chi connectivity index (χ2v) is 6.26. The molecule has 20 heavy (non-hydrogen) atoms. The molecule has 0 unspecified atom stereocenters. The molecule has 0 atom stereocenters. The Bertz CT molecular complexity index is 609. The van der Waals surface area contributed by atoms with Crippen LogP contribution in [0, 0.1) is 22.7 Å². The minimum Gasteiger partial charge on any atom is -0.198 e. The lowest BCUT2D eigenvalue weighted by Crippen LogP contribution is -1.86. The van der Waals surface area contributed by atoms with Crippen LogP contribution in [0.4, 0.5) is 0 Å². The zero-order valence-corrected chi connectivity index (χ0v) is 12.4. The zero-order valence-electron chi connectivity index (χ0n) is 10.7. The standard InChI is InChI=1S/C16H12N2S2/c17-11-9-13-5-1-3-7-15(13)19-20-16-8-4-2-6-14(16)10-12-18/h1-8H,9-10H2. The molecule has 0 aromatic heterocycles. The van der Waals surface area contributed by atoms with Crippen molar-refractivity contribution in [1.82, 2.24) is 0 Å². The number of hydrogen-bond donors (Lipinski definition) is 0. The summed E-state index contributed by atoms with van der Waals surface area (Å²) in [5.74, 6) is 0. The molecule has 0 aliphatic carbocycles. The SMILES string of the molecule is N#CCc1ccccc1SSc1ccccc1CC#N. The van der Waals surface area contributed by atoms with Gasteiger partial charge >= 0.3 is 0 Å². The van der Waals surface area contributed by atoms with E-state index in [2.05, 4.69) is 12.1 Å². The average molecular weight is 296 g/mol. The van der Waals surface area contributed by atoms with Gasteiger partial charge in [-0.25, -0.2) is 0 Å². The Morgan fingerprint density at radius 2 is 1.10 bits per heavy atom. The van der Waals surface area contributed by atoms with Gasteiger partial charge in [-0.15, -0.1) is 0 Å². The van der Waals surface area contributed by atoms with Crippen molar-refractivity contribution < 1.29 is 0 Å². The molecule has 0 N–H and O–H groups in total. The fourth-order valence-electron chi connectivity index (χ4n) is 1.72. The lowest BCUT2D eigenvalue weighted by molar-refractivity contribution is 1.18. The monoisotopic (exact) mass is 296 g/mol. The number of nitriles is 2. The maximum absolute atomic E-state index is 8.84. The highest BCUT2D eigenvalue weighted by atomic mass is 33.1. The predicted molar refractivity (Wildman–Crippen MR) is 83.2 cm³/mol. The van der Waals surface area contributed by atoms with Gasteiger partial charge in [0.15, 0.2) is 0 Å². The van der Waals surface area contributed by atoms with E-state index < -0.39 is 0 Å². The van der Waals surface area contributed by atoms with Crippen molar-refractivity contribution in [3.8, 4) is 12.1 Å². The molecule has 0 aliphatic rings. The highest BCUT2D eigenvalue weighted by molar-refractivity contribution is 8.76. The van der Waals surface area contributed by atoms with E-state index in [1.807, 2.05) is 48.5 Å². The van der Waals surface area contributed by atoms with Gasteiger partial charge in [0.2, 0.25) is 0 Å². The van der Waals surface area contributed by atoms with Gasteiger partial charge in [0.1, 0.15) is 0 Å². The quantitative estimate of drug-likeness (QED) is 0.755. The van der Waals surface area contributed by atoms with Gasteiger partial charge in [-0.3, -0.25) is 0 Å². The van der Waals surface area contributed by atoms with Crippen LogP contribution in [0.25, 0.3) is 0 Å². The summed E-state index contributed by atoms with van der Waals surface area (Å²) in [7, 11) is 3.27. The van der Waals surface area contributed by atoms with E-state index in [9.17, 15) is 0 Å². The molecular weight excluding hydrogens is 284 g/mol. The Morgan fingerprint density at radius 1 is 0.700 bits per heavy atom. The molecule has 2 aromatic carbocycles. The fourth-order valence-corrected chi connectivity index (χ4v) is 4.18. The summed E-state index contributed by atoms with van der Waals surface area (Å²) in [5.41, 5.74) is 2.09. The van der Waals surface area contributed by atoms with Crippen molar-refractivity contribution in [1.29, 1.82) is 10.5 Å². The summed E-state index contributed by atoms with van der Waals surface area (Å²) in [5, 5.41) is 17.7. The van der Waals surface area contributed by atoms with Gasteiger partial charge in [0, 0.05) is 9.79 Å². The van der Waals surface area contributed by atoms with Gasteiger partial charge < -0.3 is 0 Å². The molecule has 4 heteroatoms. The summed E-state index contributed by atoms with van der Waals surface area (Å²) in [6.07, 6.45) is 0.840. The lowest BCUT2D eigenvalue weighted by atomic mass is 10.2. The highest BCUT2D eigenvalue weighted by Gasteiger charge is 2.06. The van der Waals surface area contributed by atoms with Gasteiger partial charge in [0.25, 0.3) is 0 Å². The van der Waals surface area contributed by atoms with Crippen LogP contribution >= 0.6 is 21.6 Å². The summed E-state index contributed by atoms with van der Waals surface area (Å²) in [4.78, 5) is 2.21. The lowest BCUT2D eigenvalue weighted by Gasteiger charge is -2.08. The van der Waals surface area contributed by atoms with Crippen LogP contribution in [0.1, 0.15) is 11.1 Å². The summed E-state index contributed by atoms with van der Waals surface area (Å²) >= 11 is 0. The number of hydrogen-bond acceptors (Lipinski definition) is 4. The van der Waals surface area contributed by atoms with Crippen molar-refractivity contribution in [2.75, 3.05) is 0 Å². The molecule has 98 valence electrons. The first-order valence-corrected chi connectivity index (χ1v) is 8.24. The van der Waals surface area contributed by atoms with E-state index in [-0.39, 0.29) is 0 Å². The molecule has 2 rings (SSSR count). The first kappa shape index (κ1) is 14.5. The minimum absolute atomic E-state index is 0.420. The van der Waals surface area contributed by atoms with Crippen molar-refractivity contribution >= 4 is 21.6 Å². The molecule has 0 spiro atoms. The summed E-state index contributed by atoms with van der Waals surface area (Å²) < 4.78 is 0. The Balaban J connectivity index is 2.14. The van der Waals surface area contributed by atoms with E-state index in [0.29, 0.717) is 12.8 Å². The fraction of sp³-hybridized carbons (Fsp3) is 0.125. The number of nitrogens with zero attached hydrogens (tertiary/aromatic N) is 2. The molecule has 2 aromatic rings. The van der Waals surface area contributed by atoms with E-state index >= 15 is 0 Å². The van der Waals surface area contributed by atoms with Gasteiger partial charge in [0.05, 0.1) is 25.0 Å². The second-order valence-electron chi connectivity index (χ2n) is 4.05. The van der Waals surface area contributed by atoms with Crippen molar-refractivity contribution in [2.24, 2.45) is 0 Å². The van der Waals surface area contributed by atoms with E-state index in [1.54, 1.807) is 21.6 Å².